The molecule has 5 heteroatoms. The Morgan fingerprint density at radius 2 is 1.57 bits per heavy atom. The largest absolute Gasteiger partial charge is 0.254 e. The minimum atomic E-state index is -0.755. The van der Waals surface area contributed by atoms with Crippen LogP contribution in [0.5, 0.6) is 0 Å². The highest BCUT2D eigenvalue weighted by Crippen LogP contribution is 2.33. The Labute approximate surface area is 96.8 Å². The smallest absolute Gasteiger partial charge is 0.0909 e. The van der Waals surface area contributed by atoms with Crippen molar-refractivity contribution < 1.29 is 0 Å². The van der Waals surface area contributed by atoms with E-state index in [9.17, 15) is 0 Å². The summed E-state index contributed by atoms with van der Waals surface area (Å²) in [6, 6.07) is 1.43. The lowest BCUT2D eigenvalue weighted by Crippen LogP contribution is -2.04. The Balaban J connectivity index is 3.15. The second-order valence-corrected chi connectivity index (χ2v) is 39.0. The van der Waals surface area contributed by atoms with Crippen molar-refractivity contribution in [2.75, 3.05) is 4.43 Å². The first-order valence-corrected chi connectivity index (χ1v) is 14.8. The van der Waals surface area contributed by atoms with Gasteiger partial charge in [-0.05, 0) is 10.5 Å². The molecule has 0 N–H and O–H groups in total. The maximum absolute atomic E-state index is 2.58. The highest BCUT2D eigenvalue weighted by Gasteiger charge is 2.19. The van der Waals surface area contributed by atoms with Crippen molar-refractivity contribution in [2.45, 2.75) is 6.04 Å². The molecule has 0 spiro atoms. The van der Waals surface area contributed by atoms with Crippen LogP contribution in [-0.2, 0) is 0 Å². The maximum Gasteiger partial charge on any atom is 0.254 e. The minimum absolute atomic E-state index is 0.755. The molecule has 0 saturated carbocycles. The van der Waals surface area contributed by atoms with Crippen LogP contribution in [0, 0.1) is 0 Å². The van der Waals surface area contributed by atoms with Gasteiger partial charge in [-0.15, -0.1) is 0 Å². The van der Waals surface area contributed by atoms with Crippen molar-refractivity contribution in [2.24, 2.45) is 0 Å². The van der Waals surface area contributed by atoms with E-state index in [2.05, 4.69) is 88.0 Å². The Kier molecular flexibility index (Phi) is 7.06. The van der Waals surface area contributed by atoms with Crippen LogP contribution in [0.1, 0.15) is 0 Å². The fraction of sp³-hybridized carbons (Fsp3) is 1.00. The van der Waals surface area contributed by atoms with E-state index in [1.54, 1.807) is 0 Å². The third-order valence-electron chi connectivity index (χ3n) is 0.378. The number of hydrogen-bond donors (Lipinski definition) is 0. The molecule has 0 saturated heterocycles. The van der Waals surface area contributed by atoms with Crippen LogP contribution in [-0.4, -0.2) is 4.99 Å². The van der Waals surface area contributed by atoms with Crippen molar-refractivity contribution in [1.82, 2.24) is 0 Å². The summed E-state index contributed by atoms with van der Waals surface area (Å²) < 4.78 is 0.564. The summed E-state index contributed by atoms with van der Waals surface area (Å²) in [5.41, 5.74) is 0. The van der Waals surface area contributed by atoms with Gasteiger partial charge in [0.1, 0.15) is 0 Å². The summed E-state index contributed by atoms with van der Waals surface area (Å²) in [5.74, 6) is 0. The van der Waals surface area contributed by atoms with E-state index in [4.69, 9.17) is 0 Å². The van der Waals surface area contributed by atoms with Gasteiger partial charge in [0.25, 0.3) is 0.564 Å². The van der Waals surface area contributed by atoms with Crippen molar-refractivity contribution in [3.63, 3.8) is 0 Å². The summed E-state index contributed by atoms with van der Waals surface area (Å²) in [7, 11) is 0. The van der Waals surface area contributed by atoms with Crippen molar-refractivity contribution in [3.8, 4) is 0 Å². The number of halogens is 4. The van der Waals surface area contributed by atoms with Gasteiger partial charge in [0.2, 0.25) is 0 Å². The highest BCUT2D eigenvalue weighted by molar-refractivity contribution is 14.4. The van der Waals surface area contributed by atoms with E-state index >= 15 is 0 Å². The molecule has 0 bridgehead atoms. The predicted octanol–water partition coefficient (Wildman–Crippen LogP) is 3.67. The first-order valence-electron chi connectivity index (χ1n) is 1.69. The van der Waals surface area contributed by atoms with Crippen molar-refractivity contribution in [1.29, 1.82) is 0 Å². The molecule has 0 rings (SSSR count). The van der Waals surface area contributed by atoms with Gasteiger partial charge in [-0.3, -0.25) is 0 Å². The average molecular weight is 564 g/mol. The van der Waals surface area contributed by atoms with Gasteiger partial charge in [-0.2, -0.15) is 0 Å². The Morgan fingerprint density at radius 1 is 1.14 bits per heavy atom. The van der Waals surface area contributed by atoms with E-state index in [0.717, 1.165) is 0 Å². The first kappa shape index (κ1) is 10.1. The summed E-state index contributed by atoms with van der Waals surface area (Å²) in [6.07, 6.45) is 0. The van der Waals surface area contributed by atoms with Gasteiger partial charge in [0.15, 0.2) is 0 Å². The van der Waals surface area contributed by atoms with Gasteiger partial charge in [0.05, 0.1) is 0 Å². The maximum atomic E-state index is 2.58. The standard InChI is InChI=1S/C2H4I4Si/c3-1-2-7(4,5)6/h1-2H2. The lowest BCUT2D eigenvalue weighted by molar-refractivity contribution is 1.55. The summed E-state index contributed by atoms with van der Waals surface area (Å²) >= 11 is 10.2. The topological polar surface area (TPSA) is 0 Å². The zero-order valence-corrected chi connectivity index (χ0v) is 13.1. The Bertz CT molecular complexity index is 48.1. The zero-order valence-electron chi connectivity index (χ0n) is 3.43. The number of rotatable bonds is 2. The van der Waals surface area contributed by atoms with Crippen LogP contribution < -0.4 is 0 Å². The molecule has 0 aromatic carbocycles. The molecular formula is C2H4I4Si. The molecule has 0 aliphatic heterocycles. The second kappa shape index (κ2) is 4.88. The molecule has 0 fully saturated rings. The van der Waals surface area contributed by atoms with Crippen LogP contribution >= 0.6 is 88.0 Å². The van der Waals surface area contributed by atoms with E-state index in [-0.39, 0.29) is 0 Å². The van der Waals surface area contributed by atoms with Crippen LogP contribution in [0.4, 0.5) is 0 Å². The second-order valence-electron chi connectivity index (χ2n) is 1.05. The summed E-state index contributed by atoms with van der Waals surface area (Å²) in [6.45, 7) is 0. The average Bonchev–Trinajstić information content (AvgIpc) is 1.30. The molecule has 0 aromatic rings. The third kappa shape index (κ3) is 9.14. The normalized spacial score (nSPS) is 12.0. The van der Waals surface area contributed by atoms with Gasteiger partial charge >= 0.3 is 0 Å². The van der Waals surface area contributed by atoms with Gasteiger partial charge in [-0.25, -0.2) is 0 Å². The Morgan fingerprint density at radius 3 is 1.57 bits per heavy atom. The summed E-state index contributed by atoms with van der Waals surface area (Å²) in [5, 5.41) is 0. The minimum Gasteiger partial charge on any atom is -0.0909 e. The lowest BCUT2D eigenvalue weighted by atomic mass is 11.0. The monoisotopic (exact) mass is 564 g/mol. The lowest BCUT2D eigenvalue weighted by Gasteiger charge is -2.03. The molecule has 7 heavy (non-hydrogen) atoms. The molecular weight excluding hydrogens is 560 g/mol. The molecule has 0 aliphatic carbocycles. The molecule has 0 radical (unpaired) electrons. The number of alkyl halides is 1. The molecule has 0 amide bonds. The SMILES string of the molecule is ICC[Si](I)(I)I. The Hall–Kier alpha value is 3.14. The molecule has 0 heterocycles. The van der Waals surface area contributed by atoms with Gasteiger partial charge < -0.3 is 0 Å². The van der Waals surface area contributed by atoms with Crippen LogP contribution in [0.15, 0.2) is 0 Å². The molecule has 0 aromatic heterocycles. The van der Waals surface area contributed by atoms with Crippen LogP contribution in [0.3, 0.4) is 0 Å². The van der Waals surface area contributed by atoms with Crippen molar-refractivity contribution in [3.05, 3.63) is 0 Å². The van der Waals surface area contributed by atoms with Crippen LogP contribution in [0.25, 0.3) is 0 Å². The predicted molar refractivity (Wildman–Crippen MR) is 71.5 cm³/mol. The quantitative estimate of drug-likeness (QED) is 0.208. The third-order valence-corrected chi connectivity index (χ3v) is 7.61. The van der Waals surface area contributed by atoms with Gasteiger partial charge in [0, 0.05) is 0 Å². The fourth-order valence-electron chi connectivity index (χ4n) is 0.107. The summed E-state index contributed by atoms with van der Waals surface area (Å²) in [4.78, 5) is 0. The fourth-order valence-corrected chi connectivity index (χ4v) is 14.5. The first-order chi connectivity index (χ1) is 3.06. The molecule has 0 atom stereocenters. The van der Waals surface area contributed by atoms with Gasteiger partial charge in [-0.1, -0.05) is 88.0 Å². The van der Waals surface area contributed by atoms with Crippen molar-refractivity contribution >= 4 is 88.5 Å². The molecule has 0 aliphatic rings. The molecule has 44 valence electrons. The number of hydrogen-bond acceptors (Lipinski definition) is 0. The van der Waals surface area contributed by atoms with E-state index < -0.39 is 0.564 Å². The van der Waals surface area contributed by atoms with Crippen LogP contribution in [0.2, 0.25) is 6.04 Å². The van der Waals surface area contributed by atoms with E-state index in [1.807, 2.05) is 0 Å². The van der Waals surface area contributed by atoms with E-state index in [1.165, 1.54) is 10.5 Å². The zero-order chi connectivity index (χ0) is 5.91. The molecule has 0 unspecified atom stereocenters. The van der Waals surface area contributed by atoms with E-state index in [0.29, 0.717) is 0 Å². The highest BCUT2D eigenvalue weighted by atomic mass is 127. The molecule has 0 nitrogen and oxygen atoms in total.